The molecule has 1 amide bonds. The Bertz CT molecular complexity index is 1030. The van der Waals surface area contributed by atoms with E-state index in [1.807, 2.05) is 19.1 Å². The number of amides is 1. The fraction of sp³-hybridized carbons (Fsp3) is 0.174. The quantitative estimate of drug-likeness (QED) is 0.588. The molecule has 29 heavy (non-hydrogen) atoms. The van der Waals surface area contributed by atoms with E-state index in [4.69, 9.17) is 4.74 Å². The van der Waals surface area contributed by atoms with Crippen LogP contribution in [0.3, 0.4) is 0 Å². The number of aromatic nitrogens is 1. The van der Waals surface area contributed by atoms with Crippen molar-refractivity contribution < 1.29 is 14.3 Å². The van der Waals surface area contributed by atoms with E-state index in [9.17, 15) is 9.59 Å². The van der Waals surface area contributed by atoms with Crippen LogP contribution in [-0.2, 0) is 4.74 Å². The molecule has 0 aliphatic rings. The highest BCUT2D eigenvalue weighted by Crippen LogP contribution is 2.22. The molecule has 0 saturated carbocycles. The number of hydrogen-bond acceptors (Lipinski definition) is 5. The Labute approximate surface area is 169 Å². The number of benzene rings is 2. The molecule has 0 aliphatic heterocycles. The summed E-state index contributed by atoms with van der Waals surface area (Å²) in [5, 5.41) is 6.01. The molecule has 0 aliphatic carbocycles. The molecule has 2 aromatic carbocycles. The van der Waals surface area contributed by atoms with Gasteiger partial charge in [0.2, 0.25) is 0 Å². The van der Waals surface area contributed by atoms with Gasteiger partial charge in [-0.3, -0.25) is 4.79 Å². The maximum Gasteiger partial charge on any atom is 0.340 e. The van der Waals surface area contributed by atoms with Gasteiger partial charge in [-0.25, -0.2) is 9.78 Å². The Balaban J connectivity index is 1.73. The van der Waals surface area contributed by atoms with Crippen LogP contribution in [0, 0.1) is 13.8 Å². The van der Waals surface area contributed by atoms with Gasteiger partial charge in [-0.1, -0.05) is 24.3 Å². The standard InChI is InChI=1S/C23H23N3O3/c1-4-29-23(28)18-9-5-6-10-20(18)26-22(27)17-12-13-21(24-14-17)25-19-11-7-8-15(2)16(19)3/h5-14H,4H2,1-3H3,(H,24,25)(H,26,27). The third-order valence-corrected chi connectivity index (χ3v) is 4.56. The first kappa shape index (κ1) is 20.1. The van der Waals surface area contributed by atoms with Crippen LogP contribution in [0.25, 0.3) is 0 Å². The first-order valence-electron chi connectivity index (χ1n) is 9.36. The Morgan fingerprint density at radius 1 is 0.966 bits per heavy atom. The van der Waals surface area contributed by atoms with Gasteiger partial charge in [-0.15, -0.1) is 0 Å². The van der Waals surface area contributed by atoms with E-state index in [0.717, 1.165) is 11.3 Å². The number of hydrogen-bond donors (Lipinski definition) is 2. The SMILES string of the molecule is CCOC(=O)c1ccccc1NC(=O)c1ccc(Nc2cccc(C)c2C)nc1. The average Bonchev–Trinajstić information content (AvgIpc) is 2.72. The normalized spacial score (nSPS) is 10.3. The summed E-state index contributed by atoms with van der Waals surface area (Å²) in [6.07, 6.45) is 1.50. The highest BCUT2D eigenvalue weighted by molar-refractivity contribution is 6.07. The number of para-hydroxylation sites is 1. The molecule has 0 bridgehead atoms. The van der Waals surface area contributed by atoms with Crippen molar-refractivity contribution in [3.8, 4) is 0 Å². The molecule has 3 aromatic rings. The number of nitrogens with zero attached hydrogens (tertiary/aromatic N) is 1. The van der Waals surface area contributed by atoms with E-state index < -0.39 is 5.97 Å². The molecule has 0 saturated heterocycles. The Morgan fingerprint density at radius 3 is 2.45 bits per heavy atom. The lowest BCUT2D eigenvalue weighted by atomic mass is 10.1. The van der Waals surface area contributed by atoms with Crippen molar-refractivity contribution in [2.45, 2.75) is 20.8 Å². The molecule has 6 nitrogen and oxygen atoms in total. The van der Waals surface area contributed by atoms with Crippen molar-refractivity contribution in [2.75, 3.05) is 17.2 Å². The number of pyridine rings is 1. The summed E-state index contributed by atoms with van der Waals surface area (Å²) in [6.45, 7) is 6.09. The monoisotopic (exact) mass is 389 g/mol. The molecular weight excluding hydrogens is 366 g/mol. The van der Waals surface area contributed by atoms with E-state index in [-0.39, 0.29) is 12.5 Å². The molecule has 2 N–H and O–H groups in total. The van der Waals surface area contributed by atoms with Gasteiger partial charge in [0.05, 0.1) is 23.4 Å². The zero-order valence-corrected chi connectivity index (χ0v) is 16.7. The van der Waals surface area contributed by atoms with Crippen LogP contribution >= 0.6 is 0 Å². The highest BCUT2D eigenvalue weighted by atomic mass is 16.5. The molecule has 1 heterocycles. The maximum atomic E-state index is 12.6. The van der Waals surface area contributed by atoms with Gasteiger partial charge < -0.3 is 15.4 Å². The summed E-state index contributed by atoms with van der Waals surface area (Å²) in [7, 11) is 0. The topological polar surface area (TPSA) is 80.3 Å². The van der Waals surface area contributed by atoms with Crippen molar-refractivity contribution in [1.82, 2.24) is 4.98 Å². The molecule has 3 rings (SSSR count). The summed E-state index contributed by atoms with van der Waals surface area (Å²) in [6, 6.07) is 16.2. The van der Waals surface area contributed by atoms with E-state index in [1.54, 1.807) is 43.3 Å². The second-order valence-corrected chi connectivity index (χ2v) is 6.52. The highest BCUT2D eigenvalue weighted by Gasteiger charge is 2.15. The fourth-order valence-corrected chi connectivity index (χ4v) is 2.80. The third kappa shape index (κ3) is 4.79. The molecule has 148 valence electrons. The number of carbonyl (C=O) groups is 2. The zero-order chi connectivity index (χ0) is 20.8. The molecule has 0 fully saturated rings. The first-order valence-corrected chi connectivity index (χ1v) is 9.36. The van der Waals surface area contributed by atoms with Gasteiger partial charge in [-0.05, 0) is 62.2 Å². The minimum Gasteiger partial charge on any atom is -0.462 e. The summed E-state index contributed by atoms with van der Waals surface area (Å²) in [4.78, 5) is 29.0. The van der Waals surface area contributed by atoms with Crippen LogP contribution in [0.2, 0.25) is 0 Å². The van der Waals surface area contributed by atoms with E-state index in [2.05, 4.69) is 28.6 Å². The third-order valence-electron chi connectivity index (χ3n) is 4.56. The number of anilines is 3. The molecule has 0 radical (unpaired) electrons. The summed E-state index contributed by atoms with van der Waals surface area (Å²) in [5.41, 5.74) is 4.39. The molecule has 1 aromatic heterocycles. The van der Waals surface area contributed by atoms with Crippen LogP contribution < -0.4 is 10.6 Å². The molecule has 0 atom stereocenters. The van der Waals surface area contributed by atoms with Crippen LogP contribution in [0.5, 0.6) is 0 Å². The van der Waals surface area contributed by atoms with Crippen molar-refractivity contribution >= 4 is 29.1 Å². The van der Waals surface area contributed by atoms with Crippen LogP contribution in [0.4, 0.5) is 17.2 Å². The smallest absolute Gasteiger partial charge is 0.340 e. The number of esters is 1. The largest absolute Gasteiger partial charge is 0.462 e. The predicted octanol–water partition coefficient (Wildman–Crippen LogP) is 4.87. The second-order valence-electron chi connectivity index (χ2n) is 6.52. The summed E-state index contributed by atoms with van der Waals surface area (Å²) >= 11 is 0. The minimum absolute atomic E-state index is 0.264. The number of aryl methyl sites for hydroxylation is 1. The fourth-order valence-electron chi connectivity index (χ4n) is 2.80. The molecule has 0 spiro atoms. The lowest BCUT2D eigenvalue weighted by Gasteiger charge is -2.12. The van der Waals surface area contributed by atoms with Gasteiger partial charge >= 0.3 is 5.97 Å². The zero-order valence-electron chi connectivity index (χ0n) is 16.7. The minimum atomic E-state index is -0.477. The van der Waals surface area contributed by atoms with Gasteiger partial charge in [0.25, 0.3) is 5.91 Å². The van der Waals surface area contributed by atoms with Gasteiger partial charge in [0.15, 0.2) is 0 Å². The van der Waals surface area contributed by atoms with Crippen molar-refractivity contribution in [3.05, 3.63) is 83.0 Å². The predicted molar refractivity (Wildman–Crippen MR) is 114 cm³/mol. The average molecular weight is 389 g/mol. The van der Waals surface area contributed by atoms with E-state index in [0.29, 0.717) is 22.6 Å². The summed E-state index contributed by atoms with van der Waals surface area (Å²) < 4.78 is 5.04. The summed E-state index contributed by atoms with van der Waals surface area (Å²) in [5.74, 6) is -0.190. The second kappa shape index (κ2) is 9.01. The molecular formula is C23H23N3O3. The Morgan fingerprint density at radius 2 is 1.72 bits per heavy atom. The number of carbonyl (C=O) groups excluding carboxylic acids is 2. The number of ether oxygens (including phenoxy) is 1. The van der Waals surface area contributed by atoms with E-state index in [1.165, 1.54) is 11.8 Å². The van der Waals surface area contributed by atoms with E-state index >= 15 is 0 Å². The number of nitrogens with one attached hydrogen (secondary N) is 2. The lowest BCUT2D eigenvalue weighted by molar-refractivity contribution is 0.0527. The van der Waals surface area contributed by atoms with Crippen LogP contribution in [0.15, 0.2) is 60.8 Å². The van der Waals surface area contributed by atoms with Crippen molar-refractivity contribution in [3.63, 3.8) is 0 Å². The molecule has 6 heteroatoms. The lowest BCUT2D eigenvalue weighted by Crippen LogP contribution is -2.16. The van der Waals surface area contributed by atoms with Crippen LogP contribution in [-0.4, -0.2) is 23.5 Å². The van der Waals surface area contributed by atoms with Crippen molar-refractivity contribution in [2.24, 2.45) is 0 Å². The molecule has 0 unspecified atom stereocenters. The van der Waals surface area contributed by atoms with Crippen LogP contribution in [0.1, 0.15) is 38.8 Å². The Hall–Kier alpha value is -3.67. The van der Waals surface area contributed by atoms with Gasteiger partial charge in [0, 0.05) is 11.9 Å². The van der Waals surface area contributed by atoms with Gasteiger partial charge in [-0.2, -0.15) is 0 Å². The number of rotatable bonds is 6. The van der Waals surface area contributed by atoms with Gasteiger partial charge in [0.1, 0.15) is 5.82 Å². The first-order chi connectivity index (χ1) is 14.0. The Kier molecular flexibility index (Phi) is 6.24. The maximum absolute atomic E-state index is 12.6. The van der Waals surface area contributed by atoms with Crippen molar-refractivity contribution in [1.29, 1.82) is 0 Å².